The lowest BCUT2D eigenvalue weighted by molar-refractivity contribution is 0.0591. The second-order valence-electron chi connectivity index (χ2n) is 5.76. The van der Waals surface area contributed by atoms with Crippen LogP contribution in [0, 0.1) is 5.41 Å². The van der Waals surface area contributed by atoms with Gasteiger partial charge in [0.15, 0.2) is 0 Å². The third kappa shape index (κ3) is 6.21. The van der Waals surface area contributed by atoms with Crippen LogP contribution in [-0.2, 0) is 9.47 Å². The van der Waals surface area contributed by atoms with E-state index < -0.39 is 0 Å². The summed E-state index contributed by atoms with van der Waals surface area (Å²) in [4.78, 5) is 2.52. The molecule has 0 unspecified atom stereocenters. The Morgan fingerprint density at radius 3 is 2.11 bits per heavy atom. The number of nitrogens with zero attached hydrogens (tertiary/aromatic N) is 1. The molecule has 0 aliphatic carbocycles. The van der Waals surface area contributed by atoms with E-state index in [2.05, 4.69) is 17.1 Å². The summed E-state index contributed by atoms with van der Waals surface area (Å²) in [6.45, 7) is 9.48. The Bertz CT molecular complexity index is 205. The van der Waals surface area contributed by atoms with Crippen molar-refractivity contribution in [3.63, 3.8) is 0 Å². The molecule has 1 fully saturated rings. The third-order valence-electron chi connectivity index (χ3n) is 4.23. The molecule has 0 aromatic rings. The number of methoxy groups -OCH3 is 2. The largest absolute Gasteiger partial charge is 0.383 e. The number of hydrogen-bond donors (Lipinski definition) is 1. The van der Waals surface area contributed by atoms with Crippen LogP contribution in [0.15, 0.2) is 0 Å². The standard InChI is InChI=1S/C15H32N2O2/c1-4-5-15(6-8-16-9-7-15)14-17(10-12-18-2)11-13-19-3/h16H,4-14H2,1-3H3. The molecular weight excluding hydrogens is 240 g/mol. The van der Waals surface area contributed by atoms with Crippen LogP contribution in [0.5, 0.6) is 0 Å². The number of hydrogen-bond acceptors (Lipinski definition) is 4. The van der Waals surface area contributed by atoms with Gasteiger partial charge in [0.1, 0.15) is 0 Å². The first-order valence-corrected chi connectivity index (χ1v) is 7.67. The van der Waals surface area contributed by atoms with Crippen molar-refractivity contribution in [1.29, 1.82) is 0 Å². The summed E-state index contributed by atoms with van der Waals surface area (Å²) < 4.78 is 10.5. The minimum Gasteiger partial charge on any atom is -0.383 e. The topological polar surface area (TPSA) is 33.7 Å². The summed E-state index contributed by atoms with van der Waals surface area (Å²) >= 11 is 0. The lowest BCUT2D eigenvalue weighted by Gasteiger charge is -2.41. The molecule has 1 aliphatic heterocycles. The second-order valence-corrected chi connectivity index (χ2v) is 5.76. The van der Waals surface area contributed by atoms with Crippen molar-refractivity contribution in [3.8, 4) is 0 Å². The molecule has 19 heavy (non-hydrogen) atoms. The van der Waals surface area contributed by atoms with E-state index in [1.165, 1.54) is 45.3 Å². The molecule has 1 aliphatic rings. The Balaban J connectivity index is 2.54. The highest BCUT2D eigenvalue weighted by Crippen LogP contribution is 2.34. The molecule has 0 spiro atoms. The van der Waals surface area contributed by atoms with E-state index in [-0.39, 0.29) is 0 Å². The number of nitrogens with one attached hydrogen (secondary N) is 1. The maximum atomic E-state index is 5.24. The van der Waals surface area contributed by atoms with Gasteiger partial charge in [0, 0.05) is 33.9 Å². The fourth-order valence-electron chi connectivity index (χ4n) is 3.16. The molecule has 114 valence electrons. The fraction of sp³-hybridized carbons (Fsp3) is 1.00. The molecule has 1 rings (SSSR count). The first-order valence-electron chi connectivity index (χ1n) is 7.67. The number of piperidine rings is 1. The van der Waals surface area contributed by atoms with E-state index >= 15 is 0 Å². The first kappa shape index (κ1) is 16.9. The van der Waals surface area contributed by atoms with Crippen LogP contribution in [0.2, 0.25) is 0 Å². The van der Waals surface area contributed by atoms with Crippen LogP contribution >= 0.6 is 0 Å². The maximum Gasteiger partial charge on any atom is 0.0589 e. The van der Waals surface area contributed by atoms with Gasteiger partial charge < -0.3 is 14.8 Å². The van der Waals surface area contributed by atoms with Gasteiger partial charge in [0.25, 0.3) is 0 Å². The van der Waals surface area contributed by atoms with Crippen LogP contribution in [-0.4, -0.2) is 65.1 Å². The van der Waals surface area contributed by atoms with Crippen molar-refractivity contribution in [2.45, 2.75) is 32.6 Å². The van der Waals surface area contributed by atoms with E-state index in [1.807, 2.05) is 0 Å². The van der Waals surface area contributed by atoms with Gasteiger partial charge >= 0.3 is 0 Å². The monoisotopic (exact) mass is 272 g/mol. The summed E-state index contributed by atoms with van der Waals surface area (Å²) in [5, 5.41) is 3.49. The Hall–Kier alpha value is -0.160. The molecule has 0 aromatic heterocycles. The molecule has 0 saturated carbocycles. The van der Waals surface area contributed by atoms with Gasteiger partial charge in [-0.1, -0.05) is 13.3 Å². The van der Waals surface area contributed by atoms with Crippen molar-refractivity contribution in [2.24, 2.45) is 5.41 Å². The maximum absolute atomic E-state index is 5.24. The minimum absolute atomic E-state index is 0.501. The minimum atomic E-state index is 0.501. The molecule has 0 aromatic carbocycles. The normalized spacial score (nSPS) is 18.9. The SMILES string of the molecule is CCCC1(CN(CCOC)CCOC)CCNCC1. The zero-order chi connectivity index (χ0) is 14.0. The Morgan fingerprint density at radius 2 is 1.63 bits per heavy atom. The summed E-state index contributed by atoms with van der Waals surface area (Å²) in [5.74, 6) is 0. The van der Waals surface area contributed by atoms with Crippen LogP contribution in [0.25, 0.3) is 0 Å². The van der Waals surface area contributed by atoms with E-state index in [1.54, 1.807) is 14.2 Å². The Kier molecular flexibility index (Phi) is 8.62. The van der Waals surface area contributed by atoms with E-state index in [0.29, 0.717) is 5.41 Å². The van der Waals surface area contributed by atoms with Crippen molar-refractivity contribution in [3.05, 3.63) is 0 Å². The highest BCUT2D eigenvalue weighted by Gasteiger charge is 2.32. The smallest absolute Gasteiger partial charge is 0.0589 e. The van der Waals surface area contributed by atoms with Crippen molar-refractivity contribution < 1.29 is 9.47 Å². The van der Waals surface area contributed by atoms with Gasteiger partial charge in [0.05, 0.1) is 13.2 Å². The van der Waals surface area contributed by atoms with E-state index in [0.717, 1.165) is 26.3 Å². The Labute approximate surface area is 118 Å². The van der Waals surface area contributed by atoms with Crippen molar-refractivity contribution in [1.82, 2.24) is 10.2 Å². The zero-order valence-electron chi connectivity index (χ0n) is 13.0. The predicted molar refractivity (Wildman–Crippen MR) is 79.6 cm³/mol. The van der Waals surface area contributed by atoms with Crippen LogP contribution in [0.4, 0.5) is 0 Å². The van der Waals surface area contributed by atoms with Gasteiger partial charge in [-0.25, -0.2) is 0 Å². The van der Waals surface area contributed by atoms with Crippen molar-refractivity contribution in [2.75, 3.05) is 60.2 Å². The number of ether oxygens (including phenoxy) is 2. The first-order chi connectivity index (χ1) is 9.26. The van der Waals surface area contributed by atoms with Crippen LogP contribution < -0.4 is 5.32 Å². The zero-order valence-corrected chi connectivity index (χ0v) is 13.0. The molecule has 1 heterocycles. The van der Waals surface area contributed by atoms with Gasteiger partial charge in [-0.3, -0.25) is 4.90 Å². The van der Waals surface area contributed by atoms with Gasteiger partial charge in [-0.05, 0) is 37.8 Å². The average Bonchev–Trinajstić information content (AvgIpc) is 2.43. The van der Waals surface area contributed by atoms with Gasteiger partial charge in [-0.2, -0.15) is 0 Å². The summed E-state index contributed by atoms with van der Waals surface area (Å²) in [6, 6.07) is 0. The summed E-state index contributed by atoms with van der Waals surface area (Å²) in [7, 11) is 3.56. The van der Waals surface area contributed by atoms with Crippen LogP contribution in [0.1, 0.15) is 32.6 Å². The molecule has 4 heteroatoms. The molecule has 1 saturated heterocycles. The fourth-order valence-corrected chi connectivity index (χ4v) is 3.16. The molecule has 0 atom stereocenters. The molecule has 0 bridgehead atoms. The van der Waals surface area contributed by atoms with Crippen LogP contribution in [0.3, 0.4) is 0 Å². The van der Waals surface area contributed by atoms with E-state index in [9.17, 15) is 0 Å². The van der Waals surface area contributed by atoms with Gasteiger partial charge in [-0.15, -0.1) is 0 Å². The predicted octanol–water partition coefficient (Wildman–Crippen LogP) is 1.75. The molecule has 0 radical (unpaired) electrons. The third-order valence-corrected chi connectivity index (χ3v) is 4.23. The molecular formula is C15H32N2O2. The molecule has 0 amide bonds. The van der Waals surface area contributed by atoms with Crippen molar-refractivity contribution >= 4 is 0 Å². The highest BCUT2D eigenvalue weighted by molar-refractivity contribution is 4.87. The quantitative estimate of drug-likeness (QED) is 0.657. The summed E-state index contributed by atoms with van der Waals surface area (Å²) in [5.41, 5.74) is 0.501. The second kappa shape index (κ2) is 9.70. The summed E-state index contributed by atoms with van der Waals surface area (Å²) in [6.07, 6.45) is 5.22. The average molecular weight is 272 g/mol. The lowest BCUT2D eigenvalue weighted by atomic mass is 9.75. The Morgan fingerprint density at radius 1 is 1.05 bits per heavy atom. The lowest BCUT2D eigenvalue weighted by Crippen LogP contribution is -2.46. The highest BCUT2D eigenvalue weighted by atomic mass is 16.5. The van der Waals surface area contributed by atoms with E-state index in [4.69, 9.17) is 9.47 Å². The molecule has 1 N–H and O–H groups in total. The molecule has 4 nitrogen and oxygen atoms in total. The number of rotatable bonds is 10. The van der Waals surface area contributed by atoms with Gasteiger partial charge in [0.2, 0.25) is 0 Å².